The monoisotopic (exact) mass is 291 g/mol. The highest BCUT2D eigenvalue weighted by atomic mass is 35.5. The van der Waals surface area contributed by atoms with Gasteiger partial charge in [0.1, 0.15) is 5.82 Å². The number of nitrogens with one attached hydrogen (secondary N) is 1. The maximum absolute atomic E-state index is 13.6. The van der Waals surface area contributed by atoms with Gasteiger partial charge in [-0.2, -0.15) is 0 Å². The highest BCUT2D eigenvalue weighted by Crippen LogP contribution is 2.32. The van der Waals surface area contributed by atoms with Crippen LogP contribution in [0.1, 0.15) is 33.9 Å². The van der Waals surface area contributed by atoms with Gasteiger partial charge in [-0.15, -0.1) is 0 Å². The van der Waals surface area contributed by atoms with E-state index in [2.05, 4.69) is 31.3 Å². The molecule has 0 saturated carbocycles. The molecule has 0 heterocycles. The van der Waals surface area contributed by atoms with Gasteiger partial charge in [-0.25, -0.2) is 4.39 Å². The van der Waals surface area contributed by atoms with E-state index < -0.39 is 0 Å². The smallest absolute Gasteiger partial charge is 0.127 e. The van der Waals surface area contributed by atoms with Crippen LogP contribution in [0.5, 0.6) is 0 Å². The van der Waals surface area contributed by atoms with Crippen LogP contribution in [0.4, 0.5) is 4.39 Å². The molecule has 0 saturated heterocycles. The van der Waals surface area contributed by atoms with Crippen LogP contribution in [0.3, 0.4) is 0 Å². The van der Waals surface area contributed by atoms with Gasteiger partial charge in [0.25, 0.3) is 0 Å². The van der Waals surface area contributed by atoms with Crippen molar-refractivity contribution in [3.05, 3.63) is 69.0 Å². The fourth-order valence-electron chi connectivity index (χ4n) is 2.47. The topological polar surface area (TPSA) is 12.0 Å². The van der Waals surface area contributed by atoms with E-state index in [-0.39, 0.29) is 11.9 Å². The second-order valence-electron chi connectivity index (χ2n) is 5.13. The lowest BCUT2D eigenvalue weighted by atomic mass is 9.92. The Morgan fingerprint density at radius 2 is 1.75 bits per heavy atom. The normalized spacial score (nSPS) is 12.5. The summed E-state index contributed by atoms with van der Waals surface area (Å²) in [4.78, 5) is 0. The first-order chi connectivity index (χ1) is 9.45. The molecule has 0 aromatic heterocycles. The second-order valence-corrected chi connectivity index (χ2v) is 5.54. The molecule has 0 aliphatic rings. The predicted octanol–water partition coefficient (Wildman–Crippen LogP) is 4.71. The summed E-state index contributed by atoms with van der Waals surface area (Å²) in [5.74, 6) is -0.269. The molecule has 0 aliphatic carbocycles. The molecule has 1 nitrogen and oxygen atoms in total. The molecule has 20 heavy (non-hydrogen) atoms. The Morgan fingerprint density at radius 1 is 1.05 bits per heavy atom. The number of benzene rings is 2. The summed E-state index contributed by atoms with van der Waals surface area (Å²) in [6, 6.07) is 9.37. The van der Waals surface area contributed by atoms with E-state index in [0.717, 1.165) is 5.56 Å². The van der Waals surface area contributed by atoms with Crippen LogP contribution in [0.2, 0.25) is 5.02 Å². The average molecular weight is 292 g/mol. The molecule has 106 valence electrons. The number of halogens is 2. The minimum Gasteiger partial charge on any atom is -0.309 e. The van der Waals surface area contributed by atoms with Crippen molar-refractivity contribution in [2.75, 3.05) is 7.05 Å². The molecule has 1 unspecified atom stereocenters. The molecule has 2 aromatic carbocycles. The number of hydrogen-bond donors (Lipinski definition) is 1. The van der Waals surface area contributed by atoms with Crippen molar-refractivity contribution in [2.24, 2.45) is 0 Å². The Hall–Kier alpha value is -1.38. The minimum absolute atomic E-state index is 0.0401. The van der Waals surface area contributed by atoms with E-state index in [0.29, 0.717) is 10.6 Å². The molecule has 0 amide bonds. The van der Waals surface area contributed by atoms with Crippen molar-refractivity contribution in [1.82, 2.24) is 5.32 Å². The van der Waals surface area contributed by atoms with Gasteiger partial charge in [0.05, 0.1) is 6.04 Å². The molecule has 0 bridgehead atoms. The van der Waals surface area contributed by atoms with Crippen molar-refractivity contribution in [3.8, 4) is 0 Å². The van der Waals surface area contributed by atoms with Crippen LogP contribution in [-0.4, -0.2) is 7.05 Å². The van der Waals surface area contributed by atoms with Crippen LogP contribution >= 0.6 is 11.6 Å². The second kappa shape index (κ2) is 5.94. The molecule has 1 atom stereocenters. The number of hydrogen-bond acceptors (Lipinski definition) is 1. The lowest BCUT2D eigenvalue weighted by molar-refractivity contribution is 0.614. The molecular formula is C17H19ClFN. The zero-order chi connectivity index (χ0) is 14.9. The third-order valence-electron chi connectivity index (χ3n) is 3.84. The van der Waals surface area contributed by atoms with Crippen molar-refractivity contribution < 1.29 is 4.39 Å². The molecule has 0 spiro atoms. The quantitative estimate of drug-likeness (QED) is 0.863. The molecule has 0 fully saturated rings. The van der Waals surface area contributed by atoms with E-state index in [4.69, 9.17) is 11.6 Å². The van der Waals surface area contributed by atoms with Crippen LogP contribution in [-0.2, 0) is 0 Å². The Balaban J connectivity index is 2.58. The zero-order valence-corrected chi connectivity index (χ0v) is 13.0. The molecule has 3 heteroatoms. The molecule has 0 radical (unpaired) electrons. The van der Waals surface area contributed by atoms with Gasteiger partial charge in [-0.1, -0.05) is 29.8 Å². The van der Waals surface area contributed by atoms with E-state index in [1.807, 2.05) is 19.2 Å². The van der Waals surface area contributed by atoms with E-state index in [9.17, 15) is 4.39 Å². The first-order valence-corrected chi connectivity index (χ1v) is 7.02. The van der Waals surface area contributed by atoms with Gasteiger partial charge in [0, 0.05) is 5.02 Å². The lowest BCUT2D eigenvalue weighted by Gasteiger charge is -2.22. The van der Waals surface area contributed by atoms with Crippen molar-refractivity contribution >= 4 is 11.6 Å². The molecule has 1 N–H and O–H groups in total. The summed E-state index contributed by atoms with van der Waals surface area (Å²) >= 11 is 6.24. The third kappa shape index (κ3) is 2.72. The summed E-state index contributed by atoms with van der Waals surface area (Å²) in [7, 11) is 1.89. The van der Waals surface area contributed by atoms with Crippen molar-refractivity contribution in [1.29, 1.82) is 0 Å². The maximum atomic E-state index is 13.6. The van der Waals surface area contributed by atoms with Gasteiger partial charge in [0.15, 0.2) is 0 Å². The molecule has 2 rings (SSSR count). The van der Waals surface area contributed by atoms with E-state index in [1.165, 1.54) is 22.8 Å². The Morgan fingerprint density at radius 3 is 2.40 bits per heavy atom. The highest BCUT2D eigenvalue weighted by molar-refractivity contribution is 6.31. The summed E-state index contributed by atoms with van der Waals surface area (Å²) in [5, 5.41) is 3.74. The van der Waals surface area contributed by atoms with Gasteiger partial charge >= 0.3 is 0 Å². The maximum Gasteiger partial charge on any atom is 0.127 e. The SMILES string of the molecule is CNC(c1cc(C)c(F)cc1Cl)c1cccc(C)c1C. The predicted molar refractivity (Wildman–Crippen MR) is 83.0 cm³/mol. The van der Waals surface area contributed by atoms with Gasteiger partial charge in [0.2, 0.25) is 0 Å². The first-order valence-electron chi connectivity index (χ1n) is 6.64. The Labute approximate surface area is 124 Å². The summed E-state index contributed by atoms with van der Waals surface area (Å²) in [5.41, 5.74) is 5.14. The van der Waals surface area contributed by atoms with Crippen LogP contribution < -0.4 is 5.32 Å². The van der Waals surface area contributed by atoms with Crippen molar-refractivity contribution in [3.63, 3.8) is 0 Å². The van der Waals surface area contributed by atoms with Crippen molar-refractivity contribution in [2.45, 2.75) is 26.8 Å². The summed E-state index contributed by atoms with van der Waals surface area (Å²) < 4.78 is 13.6. The Kier molecular flexibility index (Phi) is 4.46. The number of aryl methyl sites for hydroxylation is 2. The van der Waals surface area contributed by atoms with Crippen LogP contribution in [0, 0.1) is 26.6 Å². The summed E-state index contributed by atoms with van der Waals surface area (Å²) in [6.07, 6.45) is 0. The fraction of sp³-hybridized carbons (Fsp3) is 0.294. The van der Waals surface area contributed by atoms with Crippen LogP contribution in [0.25, 0.3) is 0 Å². The lowest BCUT2D eigenvalue weighted by Crippen LogP contribution is -2.19. The average Bonchev–Trinajstić information content (AvgIpc) is 2.41. The van der Waals surface area contributed by atoms with Crippen LogP contribution in [0.15, 0.2) is 30.3 Å². The largest absolute Gasteiger partial charge is 0.309 e. The zero-order valence-electron chi connectivity index (χ0n) is 12.2. The third-order valence-corrected chi connectivity index (χ3v) is 4.16. The van der Waals surface area contributed by atoms with E-state index >= 15 is 0 Å². The first kappa shape index (κ1) is 15.0. The van der Waals surface area contributed by atoms with E-state index in [1.54, 1.807) is 6.92 Å². The number of rotatable bonds is 3. The fourth-order valence-corrected chi connectivity index (χ4v) is 2.73. The van der Waals surface area contributed by atoms with Gasteiger partial charge in [-0.05, 0) is 67.8 Å². The summed E-state index contributed by atoms with van der Waals surface area (Å²) in [6.45, 7) is 5.94. The Bertz CT molecular complexity index is 637. The standard InChI is InChI=1S/C17H19ClFN/c1-10-6-5-7-13(12(10)3)17(20-4)14-8-11(2)16(19)9-15(14)18/h5-9,17,20H,1-4H3. The molecule has 2 aromatic rings. The molecule has 0 aliphatic heterocycles. The minimum atomic E-state index is -0.269. The molecular weight excluding hydrogens is 273 g/mol. The van der Waals surface area contributed by atoms with Gasteiger partial charge < -0.3 is 5.32 Å². The van der Waals surface area contributed by atoms with Gasteiger partial charge in [-0.3, -0.25) is 0 Å². The highest BCUT2D eigenvalue weighted by Gasteiger charge is 2.19.